The molecule has 1 aliphatic carbocycles. The van der Waals surface area contributed by atoms with Crippen LogP contribution in [0.25, 0.3) is 0 Å². The van der Waals surface area contributed by atoms with Crippen molar-refractivity contribution in [2.75, 3.05) is 0 Å². The van der Waals surface area contributed by atoms with Crippen LogP contribution >= 0.6 is 0 Å². The highest BCUT2D eigenvalue weighted by molar-refractivity contribution is 5.03. The standard InChI is InChI=1S/C6H10FN/c7-5-3-1-2-4-6(5)8/h3,6H,1-2,4,8H2/t6-/m1/s1. The zero-order valence-electron chi connectivity index (χ0n) is 4.73. The molecule has 0 unspecified atom stereocenters. The van der Waals surface area contributed by atoms with E-state index in [2.05, 4.69) is 0 Å². The zero-order valence-corrected chi connectivity index (χ0v) is 4.73. The van der Waals surface area contributed by atoms with Crippen LogP contribution < -0.4 is 5.73 Å². The lowest BCUT2D eigenvalue weighted by Gasteiger charge is -2.12. The molecule has 0 fully saturated rings. The number of allylic oxidation sites excluding steroid dienone is 1. The highest BCUT2D eigenvalue weighted by atomic mass is 19.1. The molecule has 1 nitrogen and oxygen atoms in total. The summed E-state index contributed by atoms with van der Waals surface area (Å²) in [6.45, 7) is 0. The second kappa shape index (κ2) is 2.27. The summed E-state index contributed by atoms with van der Waals surface area (Å²) in [7, 11) is 0. The van der Waals surface area contributed by atoms with Crippen molar-refractivity contribution in [2.45, 2.75) is 25.3 Å². The van der Waals surface area contributed by atoms with Crippen LogP contribution in [0.15, 0.2) is 11.9 Å². The van der Waals surface area contributed by atoms with E-state index in [1.54, 1.807) is 6.08 Å². The Kier molecular flexibility index (Phi) is 1.63. The maximum absolute atomic E-state index is 12.3. The molecular formula is C6H10FN. The van der Waals surface area contributed by atoms with Gasteiger partial charge >= 0.3 is 0 Å². The molecule has 8 heavy (non-hydrogen) atoms. The van der Waals surface area contributed by atoms with E-state index in [9.17, 15) is 4.39 Å². The van der Waals surface area contributed by atoms with Crippen LogP contribution in [0.1, 0.15) is 19.3 Å². The average molecular weight is 115 g/mol. The molecule has 46 valence electrons. The van der Waals surface area contributed by atoms with Crippen LogP contribution in [-0.2, 0) is 0 Å². The van der Waals surface area contributed by atoms with Gasteiger partial charge in [-0.05, 0) is 19.3 Å². The second-order valence-corrected chi connectivity index (χ2v) is 2.13. The van der Waals surface area contributed by atoms with Crippen molar-refractivity contribution in [3.05, 3.63) is 11.9 Å². The normalized spacial score (nSPS) is 29.8. The Morgan fingerprint density at radius 1 is 1.75 bits per heavy atom. The van der Waals surface area contributed by atoms with E-state index >= 15 is 0 Å². The van der Waals surface area contributed by atoms with E-state index in [1.165, 1.54) is 0 Å². The SMILES string of the molecule is N[C@@H]1CCCC=C1F. The Bertz CT molecular complexity index is 109. The van der Waals surface area contributed by atoms with Gasteiger partial charge in [0.1, 0.15) is 5.83 Å². The molecular weight excluding hydrogens is 105 g/mol. The molecule has 0 aromatic rings. The third-order valence-electron chi connectivity index (χ3n) is 1.41. The molecule has 0 saturated carbocycles. The summed E-state index contributed by atoms with van der Waals surface area (Å²) in [4.78, 5) is 0. The molecule has 2 heteroatoms. The lowest BCUT2D eigenvalue weighted by molar-refractivity contribution is 0.480. The van der Waals surface area contributed by atoms with Gasteiger partial charge in [0.25, 0.3) is 0 Å². The van der Waals surface area contributed by atoms with E-state index in [4.69, 9.17) is 5.73 Å². The second-order valence-electron chi connectivity index (χ2n) is 2.13. The summed E-state index contributed by atoms with van der Waals surface area (Å²) < 4.78 is 12.3. The first kappa shape index (κ1) is 5.76. The first-order valence-corrected chi connectivity index (χ1v) is 2.92. The zero-order chi connectivity index (χ0) is 5.98. The molecule has 0 heterocycles. The molecule has 0 bridgehead atoms. The van der Waals surface area contributed by atoms with Crippen molar-refractivity contribution in [2.24, 2.45) is 5.73 Å². The molecule has 0 saturated heterocycles. The van der Waals surface area contributed by atoms with E-state index < -0.39 is 0 Å². The molecule has 0 amide bonds. The summed E-state index contributed by atoms with van der Waals surface area (Å²) in [6, 6.07) is -0.302. The van der Waals surface area contributed by atoms with Gasteiger partial charge in [-0.1, -0.05) is 6.08 Å². The molecule has 0 radical (unpaired) electrons. The predicted molar refractivity (Wildman–Crippen MR) is 31.0 cm³/mol. The summed E-state index contributed by atoms with van der Waals surface area (Å²) in [5.41, 5.74) is 5.33. The van der Waals surface area contributed by atoms with Crippen LogP contribution in [0.5, 0.6) is 0 Å². The summed E-state index contributed by atoms with van der Waals surface area (Å²) >= 11 is 0. The minimum atomic E-state index is -0.302. The first-order valence-electron chi connectivity index (χ1n) is 2.92. The Hall–Kier alpha value is -0.370. The minimum absolute atomic E-state index is 0.128. The van der Waals surface area contributed by atoms with Crippen LogP contribution in [0.4, 0.5) is 4.39 Å². The summed E-state index contributed by atoms with van der Waals surface area (Å²) in [6.07, 6.45) is 4.28. The number of nitrogens with two attached hydrogens (primary N) is 1. The lowest BCUT2D eigenvalue weighted by atomic mass is 10.0. The quantitative estimate of drug-likeness (QED) is 0.506. The van der Waals surface area contributed by atoms with E-state index in [-0.39, 0.29) is 11.9 Å². The fourth-order valence-electron chi connectivity index (χ4n) is 0.867. The molecule has 0 aliphatic heterocycles. The van der Waals surface area contributed by atoms with Crippen LogP contribution in [0.3, 0.4) is 0 Å². The number of halogens is 1. The molecule has 1 atom stereocenters. The smallest absolute Gasteiger partial charge is 0.113 e. The molecule has 2 N–H and O–H groups in total. The summed E-state index contributed by atoms with van der Waals surface area (Å²) in [5, 5.41) is 0. The Balaban J connectivity index is 2.53. The van der Waals surface area contributed by atoms with Crippen molar-refractivity contribution in [3.63, 3.8) is 0 Å². The van der Waals surface area contributed by atoms with Crippen LogP contribution in [-0.4, -0.2) is 6.04 Å². The van der Waals surface area contributed by atoms with Gasteiger partial charge < -0.3 is 5.73 Å². The van der Waals surface area contributed by atoms with Crippen LogP contribution in [0, 0.1) is 0 Å². The highest BCUT2D eigenvalue weighted by Crippen LogP contribution is 2.16. The largest absolute Gasteiger partial charge is 0.322 e. The van der Waals surface area contributed by atoms with E-state index in [0.717, 1.165) is 19.3 Å². The van der Waals surface area contributed by atoms with Gasteiger partial charge in [0.15, 0.2) is 0 Å². The molecule has 0 spiro atoms. The highest BCUT2D eigenvalue weighted by Gasteiger charge is 2.11. The molecule has 0 aromatic carbocycles. The van der Waals surface area contributed by atoms with Gasteiger partial charge in [-0.2, -0.15) is 0 Å². The lowest BCUT2D eigenvalue weighted by Crippen LogP contribution is -2.22. The predicted octanol–water partition coefficient (Wildman–Crippen LogP) is 1.35. The fourth-order valence-corrected chi connectivity index (χ4v) is 0.867. The molecule has 1 aliphatic rings. The Morgan fingerprint density at radius 3 is 2.88 bits per heavy atom. The van der Waals surface area contributed by atoms with Crippen molar-refractivity contribution in [1.82, 2.24) is 0 Å². The number of hydrogen-bond acceptors (Lipinski definition) is 1. The van der Waals surface area contributed by atoms with Gasteiger partial charge in [0, 0.05) is 0 Å². The van der Waals surface area contributed by atoms with E-state index in [1.807, 2.05) is 0 Å². The van der Waals surface area contributed by atoms with Crippen molar-refractivity contribution in [3.8, 4) is 0 Å². The van der Waals surface area contributed by atoms with Gasteiger partial charge in [-0.25, -0.2) is 4.39 Å². The van der Waals surface area contributed by atoms with E-state index in [0.29, 0.717) is 0 Å². The van der Waals surface area contributed by atoms with Gasteiger partial charge in [-0.15, -0.1) is 0 Å². The average Bonchev–Trinajstić information content (AvgIpc) is 1.77. The van der Waals surface area contributed by atoms with Crippen molar-refractivity contribution < 1.29 is 4.39 Å². The van der Waals surface area contributed by atoms with Gasteiger partial charge in [0.05, 0.1) is 6.04 Å². The third kappa shape index (κ3) is 1.07. The third-order valence-corrected chi connectivity index (χ3v) is 1.41. The maximum atomic E-state index is 12.3. The van der Waals surface area contributed by atoms with Gasteiger partial charge in [-0.3, -0.25) is 0 Å². The van der Waals surface area contributed by atoms with Crippen molar-refractivity contribution >= 4 is 0 Å². The molecule has 1 rings (SSSR count). The van der Waals surface area contributed by atoms with Gasteiger partial charge in [0.2, 0.25) is 0 Å². The fraction of sp³-hybridized carbons (Fsp3) is 0.667. The first-order chi connectivity index (χ1) is 3.80. The topological polar surface area (TPSA) is 26.0 Å². The minimum Gasteiger partial charge on any atom is -0.322 e. The number of rotatable bonds is 0. The maximum Gasteiger partial charge on any atom is 0.113 e. The monoisotopic (exact) mass is 115 g/mol. The number of hydrogen-bond donors (Lipinski definition) is 1. The van der Waals surface area contributed by atoms with Crippen molar-refractivity contribution in [1.29, 1.82) is 0 Å². The van der Waals surface area contributed by atoms with Crippen LogP contribution in [0.2, 0.25) is 0 Å². The molecule has 0 aromatic heterocycles. The Labute approximate surface area is 48.4 Å². The Morgan fingerprint density at radius 2 is 2.50 bits per heavy atom. The summed E-state index contributed by atoms with van der Waals surface area (Å²) in [5.74, 6) is -0.128.